The van der Waals surface area contributed by atoms with Crippen LogP contribution in [0.5, 0.6) is 0 Å². The summed E-state index contributed by atoms with van der Waals surface area (Å²) in [5, 5.41) is 2.99. The molecule has 0 saturated carbocycles. The number of amides is 1. The minimum atomic E-state index is -0.290. The number of rotatable bonds is 6. The lowest BCUT2D eigenvalue weighted by molar-refractivity contribution is -0.121. The van der Waals surface area contributed by atoms with Gasteiger partial charge in [0.05, 0.1) is 0 Å². The van der Waals surface area contributed by atoms with Gasteiger partial charge in [-0.25, -0.2) is 4.98 Å². The van der Waals surface area contributed by atoms with Crippen LogP contribution in [-0.2, 0) is 11.3 Å². The number of piperazine rings is 1. The fourth-order valence-corrected chi connectivity index (χ4v) is 3.16. The van der Waals surface area contributed by atoms with E-state index in [1.165, 1.54) is 0 Å². The molecule has 2 aromatic rings. The Balaban J connectivity index is 1.57. The second-order valence-corrected chi connectivity index (χ2v) is 6.77. The molecule has 1 fully saturated rings. The molecule has 1 unspecified atom stereocenters. The van der Waals surface area contributed by atoms with E-state index in [1.54, 1.807) is 0 Å². The van der Waals surface area contributed by atoms with Crippen LogP contribution in [0, 0.1) is 0 Å². The number of pyridine rings is 1. The highest BCUT2D eigenvalue weighted by Crippen LogP contribution is 2.19. The van der Waals surface area contributed by atoms with Crippen LogP contribution in [0.15, 0.2) is 48.7 Å². The maximum absolute atomic E-state index is 12.3. The molecule has 26 heavy (non-hydrogen) atoms. The number of hydrogen-bond acceptors (Lipinski definition) is 5. The molecule has 3 rings (SSSR count). The van der Waals surface area contributed by atoms with Gasteiger partial charge in [-0.05, 0) is 18.7 Å². The standard InChI is InChI=1S/C20H27N5O/c1-24-10-12-25(13-11-24)20-17(8-5-9-22-20)15-23-19(26)14-18(21)16-6-3-2-4-7-16/h2-9,18H,10-15,21H2,1H3,(H,23,26). The van der Waals surface area contributed by atoms with Crippen molar-refractivity contribution in [2.45, 2.75) is 19.0 Å². The van der Waals surface area contributed by atoms with Gasteiger partial charge in [0, 0.05) is 56.9 Å². The second-order valence-electron chi connectivity index (χ2n) is 6.77. The summed E-state index contributed by atoms with van der Waals surface area (Å²) in [5.41, 5.74) is 8.15. The average molecular weight is 353 g/mol. The summed E-state index contributed by atoms with van der Waals surface area (Å²) in [6, 6.07) is 13.4. The number of carbonyl (C=O) groups is 1. The van der Waals surface area contributed by atoms with E-state index in [1.807, 2.05) is 48.7 Å². The van der Waals surface area contributed by atoms with Crippen molar-refractivity contribution in [2.75, 3.05) is 38.1 Å². The van der Waals surface area contributed by atoms with Crippen molar-refractivity contribution in [3.05, 3.63) is 59.8 Å². The first-order chi connectivity index (χ1) is 12.6. The normalized spacial score (nSPS) is 16.3. The monoisotopic (exact) mass is 353 g/mol. The Morgan fingerprint density at radius 2 is 1.88 bits per heavy atom. The lowest BCUT2D eigenvalue weighted by Gasteiger charge is -2.34. The highest BCUT2D eigenvalue weighted by atomic mass is 16.1. The second kappa shape index (κ2) is 8.78. The number of carbonyl (C=O) groups excluding carboxylic acids is 1. The molecule has 2 heterocycles. The maximum atomic E-state index is 12.3. The number of benzene rings is 1. The van der Waals surface area contributed by atoms with Gasteiger partial charge in [0.2, 0.25) is 5.91 Å². The van der Waals surface area contributed by atoms with Crippen molar-refractivity contribution in [3.63, 3.8) is 0 Å². The Morgan fingerprint density at radius 3 is 2.62 bits per heavy atom. The van der Waals surface area contributed by atoms with E-state index in [4.69, 9.17) is 5.73 Å². The summed E-state index contributed by atoms with van der Waals surface area (Å²) < 4.78 is 0. The van der Waals surface area contributed by atoms with Gasteiger partial charge in [-0.1, -0.05) is 36.4 Å². The third kappa shape index (κ3) is 4.80. The predicted octanol–water partition coefficient (Wildman–Crippen LogP) is 1.54. The van der Waals surface area contributed by atoms with E-state index in [0.717, 1.165) is 43.1 Å². The van der Waals surface area contributed by atoms with Crippen molar-refractivity contribution in [1.29, 1.82) is 0 Å². The fraction of sp³-hybridized carbons (Fsp3) is 0.400. The number of aromatic nitrogens is 1. The summed E-state index contributed by atoms with van der Waals surface area (Å²) in [6.07, 6.45) is 2.08. The van der Waals surface area contributed by atoms with E-state index in [9.17, 15) is 4.79 Å². The van der Waals surface area contributed by atoms with Crippen LogP contribution in [0.25, 0.3) is 0 Å². The molecule has 3 N–H and O–H groups in total. The van der Waals surface area contributed by atoms with Crippen LogP contribution in [0.2, 0.25) is 0 Å². The lowest BCUT2D eigenvalue weighted by atomic mass is 10.0. The number of likely N-dealkylation sites (N-methyl/N-ethyl adjacent to an activating group) is 1. The molecule has 1 aromatic carbocycles. The minimum Gasteiger partial charge on any atom is -0.354 e. The Labute approximate surface area is 155 Å². The molecule has 0 radical (unpaired) electrons. The van der Waals surface area contributed by atoms with Crippen molar-refractivity contribution in [3.8, 4) is 0 Å². The number of nitrogens with two attached hydrogens (primary N) is 1. The summed E-state index contributed by atoms with van der Waals surface area (Å²) >= 11 is 0. The van der Waals surface area contributed by atoms with E-state index in [-0.39, 0.29) is 18.4 Å². The Morgan fingerprint density at radius 1 is 1.15 bits per heavy atom. The average Bonchev–Trinajstić information content (AvgIpc) is 2.68. The first-order valence-electron chi connectivity index (χ1n) is 9.08. The van der Waals surface area contributed by atoms with Gasteiger partial charge in [-0.15, -0.1) is 0 Å². The summed E-state index contributed by atoms with van der Waals surface area (Å²) in [4.78, 5) is 21.4. The first kappa shape index (κ1) is 18.4. The summed E-state index contributed by atoms with van der Waals surface area (Å²) in [5.74, 6) is 0.919. The van der Waals surface area contributed by atoms with Gasteiger partial charge in [-0.3, -0.25) is 4.79 Å². The molecule has 1 amide bonds. The Kier molecular flexibility index (Phi) is 6.20. The highest BCUT2D eigenvalue weighted by molar-refractivity contribution is 5.77. The molecule has 0 aliphatic carbocycles. The van der Waals surface area contributed by atoms with Gasteiger partial charge in [-0.2, -0.15) is 0 Å². The van der Waals surface area contributed by atoms with E-state index in [0.29, 0.717) is 6.54 Å². The molecule has 1 atom stereocenters. The molecular formula is C20H27N5O. The molecule has 0 spiro atoms. The zero-order valence-electron chi connectivity index (χ0n) is 15.3. The minimum absolute atomic E-state index is 0.0467. The van der Waals surface area contributed by atoms with Gasteiger partial charge < -0.3 is 20.9 Å². The Bertz CT molecular complexity index is 713. The number of anilines is 1. The molecule has 6 heteroatoms. The lowest BCUT2D eigenvalue weighted by Crippen LogP contribution is -2.45. The smallest absolute Gasteiger partial charge is 0.222 e. The maximum Gasteiger partial charge on any atom is 0.222 e. The molecule has 1 aliphatic heterocycles. The van der Waals surface area contributed by atoms with E-state index >= 15 is 0 Å². The largest absolute Gasteiger partial charge is 0.354 e. The van der Waals surface area contributed by atoms with Crippen LogP contribution in [0.1, 0.15) is 23.6 Å². The topological polar surface area (TPSA) is 74.5 Å². The fourth-order valence-electron chi connectivity index (χ4n) is 3.16. The Hall–Kier alpha value is -2.44. The molecule has 6 nitrogen and oxygen atoms in total. The zero-order chi connectivity index (χ0) is 18.4. The van der Waals surface area contributed by atoms with Crippen LogP contribution in [-0.4, -0.2) is 49.0 Å². The quantitative estimate of drug-likeness (QED) is 0.824. The van der Waals surface area contributed by atoms with Crippen molar-refractivity contribution in [2.24, 2.45) is 5.73 Å². The summed E-state index contributed by atoms with van der Waals surface area (Å²) in [7, 11) is 2.13. The molecule has 1 saturated heterocycles. The van der Waals surface area contributed by atoms with Crippen LogP contribution < -0.4 is 16.0 Å². The molecular weight excluding hydrogens is 326 g/mol. The predicted molar refractivity (Wildman–Crippen MR) is 104 cm³/mol. The van der Waals surface area contributed by atoms with Gasteiger partial charge >= 0.3 is 0 Å². The first-order valence-corrected chi connectivity index (χ1v) is 9.08. The molecule has 0 bridgehead atoms. The van der Waals surface area contributed by atoms with Gasteiger partial charge in [0.15, 0.2) is 0 Å². The van der Waals surface area contributed by atoms with Crippen LogP contribution in [0.4, 0.5) is 5.82 Å². The number of hydrogen-bond donors (Lipinski definition) is 2. The van der Waals surface area contributed by atoms with Crippen molar-refractivity contribution < 1.29 is 4.79 Å². The van der Waals surface area contributed by atoms with E-state index in [2.05, 4.69) is 27.1 Å². The third-order valence-electron chi connectivity index (χ3n) is 4.78. The third-order valence-corrected chi connectivity index (χ3v) is 4.78. The number of nitrogens with zero attached hydrogens (tertiary/aromatic N) is 3. The van der Waals surface area contributed by atoms with Crippen LogP contribution >= 0.6 is 0 Å². The van der Waals surface area contributed by atoms with Crippen molar-refractivity contribution >= 4 is 11.7 Å². The zero-order valence-corrected chi connectivity index (χ0v) is 15.3. The van der Waals surface area contributed by atoms with Gasteiger partial charge in [0.1, 0.15) is 5.82 Å². The highest BCUT2D eigenvalue weighted by Gasteiger charge is 2.18. The van der Waals surface area contributed by atoms with Crippen LogP contribution in [0.3, 0.4) is 0 Å². The van der Waals surface area contributed by atoms with Crippen molar-refractivity contribution in [1.82, 2.24) is 15.2 Å². The SMILES string of the molecule is CN1CCN(c2ncccc2CNC(=O)CC(N)c2ccccc2)CC1. The van der Waals surface area contributed by atoms with E-state index < -0.39 is 0 Å². The molecule has 138 valence electrons. The number of nitrogens with one attached hydrogen (secondary N) is 1. The molecule has 1 aromatic heterocycles. The van der Waals surface area contributed by atoms with Gasteiger partial charge in [0.25, 0.3) is 0 Å². The molecule has 1 aliphatic rings. The summed E-state index contributed by atoms with van der Waals surface area (Å²) in [6.45, 7) is 4.42.